The predicted molar refractivity (Wildman–Crippen MR) is 95.9 cm³/mol. The third kappa shape index (κ3) is 14.4. The fraction of sp³-hybridized carbons (Fsp3) is 0.950. The van der Waals surface area contributed by atoms with Gasteiger partial charge < -0.3 is 4.74 Å². The Hall–Kier alpha value is -0.530. The van der Waals surface area contributed by atoms with Crippen molar-refractivity contribution >= 4 is 5.97 Å². The van der Waals surface area contributed by atoms with Crippen molar-refractivity contribution in [3.8, 4) is 0 Å². The highest BCUT2D eigenvalue weighted by Crippen LogP contribution is 2.21. The summed E-state index contributed by atoms with van der Waals surface area (Å²) < 4.78 is 5.16. The van der Waals surface area contributed by atoms with Gasteiger partial charge in [-0.05, 0) is 37.5 Å². The minimum atomic E-state index is -0.160. The number of hydrogen-bond donors (Lipinski definition) is 0. The first-order valence-electron chi connectivity index (χ1n) is 9.48. The molecule has 0 saturated carbocycles. The van der Waals surface area contributed by atoms with Gasteiger partial charge in [-0.1, -0.05) is 72.6 Å². The van der Waals surface area contributed by atoms with Gasteiger partial charge in [0.15, 0.2) is 0 Å². The maximum Gasteiger partial charge on any atom is 0.302 e. The Morgan fingerprint density at radius 1 is 0.727 bits per heavy atom. The summed E-state index contributed by atoms with van der Waals surface area (Å²) >= 11 is 0. The van der Waals surface area contributed by atoms with Gasteiger partial charge in [-0.2, -0.15) is 0 Å². The van der Waals surface area contributed by atoms with Crippen molar-refractivity contribution in [2.45, 2.75) is 105 Å². The lowest BCUT2D eigenvalue weighted by Crippen LogP contribution is -2.12. The quantitative estimate of drug-likeness (QED) is 0.369. The molecule has 0 bridgehead atoms. The van der Waals surface area contributed by atoms with Crippen molar-refractivity contribution in [3.63, 3.8) is 0 Å². The molecular weight excluding hydrogens is 272 g/mol. The van der Waals surface area contributed by atoms with Crippen LogP contribution in [-0.4, -0.2) is 12.1 Å². The molecule has 0 aliphatic heterocycles. The van der Waals surface area contributed by atoms with Gasteiger partial charge in [-0.25, -0.2) is 0 Å². The Morgan fingerprint density at radius 3 is 1.55 bits per heavy atom. The first-order valence-corrected chi connectivity index (χ1v) is 9.48. The Bertz CT molecular complexity index is 273. The average molecular weight is 313 g/mol. The molecule has 22 heavy (non-hydrogen) atoms. The van der Waals surface area contributed by atoms with Crippen LogP contribution in [0.5, 0.6) is 0 Å². The van der Waals surface area contributed by atoms with Gasteiger partial charge in [0, 0.05) is 6.92 Å². The van der Waals surface area contributed by atoms with Gasteiger partial charge in [0.2, 0.25) is 0 Å². The maximum absolute atomic E-state index is 10.8. The van der Waals surface area contributed by atoms with E-state index in [9.17, 15) is 4.79 Å². The molecule has 0 aromatic rings. The lowest BCUT2D eigenvalue weighted by molar-refractivity contribution is -0.145. The first kappa shape index (κ1) is 21.5. The summed E-state index contributed by atoms with van der Waals surface area (Å²) in [5.41, 5.74) is 0. The minimum absolute atomic E-state index is 0.0747. The second-order valence-electron chi connectivity index (χ2n) is 7.82. The van der Waals surface area contributed by atoms with Crippen LogP contribution in [0.2, 0.25) is 0 Å². The molecule has 0 heterocycles. The van der Waals surface area contributed by atoms with E-state index in [1.54, 1.807) is 0 Å². The fourth-order valence-corrected chi connectivity index (χ4v) is 3.07. The number of carbonyl (C=O) groups is 1. The summed E-state index contributed by atoms with van der Waals surface area (Å²) in [7, 11) is 0. The van der Waals surface area contributed by atoms with Crippen LogP contribution in [0.4, 0.5) is 0 Å². The van der Waals surface area contributed by atoms with E-state index in [-0.39, 0.29) is 12.1 Å². The molecule has 0 aromatic carbocycles. The Morgan fingerprint density at radius 2 is 1.14 bits per heavy atom. The molecule has 0 radical (unpaired) electrons. The Balaban J connectivity index is 3.52. The highest BCUT2D eigenvalue weighted by molar-refractivity contribution is 5.66. The van der Waals surface area contributed by atoms with E-state index in [0.717, 1.165) is 24.2 Å². The molecule has 0 aliphatic rings. The molecule has 0 saturated heterocycles. The van der Waals surface area contributed by atoms with Crippen LogP contribution in [0.3, 0.4) is 0 Å². The highest BCUT2D eigenvalue weighted by atomic mass is 16.5. The summed E-state index contributed by atoms with van der Waals surface area (Å²) in [6.45, 7) is 12.9. The summed E-state index contributed by atoms with van der Waals surface area (Å²) in [6, 6.07) is 0. The summed E-state index contributed by atoms with van der Waals surface area (Å²) in [5, 5.41) is 0. The third-order valence-corrected chi connectivity index (χ3v) is 4.55. The third-order valence-electron chi connectivity index (χ3n) is 4.55. The summed E-state index contributed by atoms with van der Waals surface area (Å²) in [4.78, 5) is 10.8. The lowest BCUT2D eigenvalue weighted by atomic mass is 9.92. The van der Waals surface area contributed by atoms with Gasteiger partial charge in [-0.3, -0.25) is 4.79 Å². The second kappa shape index (κ2) is 13.0. The smallest absolute Gasteiger partial charge is 0.302 e. The number of esters is 1. The van der Waals surface area contributed by atoms with Crippen molar-refractivity contribution in [1.82, 2.24) is 0 Å². The maximum atomic E-state index is 10.8. The van der Waals surface area contributed by atoms with Crippen molar-refractivity contribution in [2.24, 2.45) is 17.8 Å². The van der Waals surface area contributed by atoms with Gasteiger partial charge in [-0.15, -0.1) is 0 Å². The van der Waals surface area contributed by atoms with Crippen molar-refractivity contribution in [1.29, 1.82) is 0 Å². The molecule has 2 nitrogen and oxygen atoms in total. The van der Waals surface area contributed by atoms with Crippen molar-refractivity contribution < 1.29 is 9.53 Å². The van der Waals surface area contributed by atoms with Gasteiger partial charge >= 0.3 is 5.97 Å². The van der Waals surface area contributed by atoms with Crippen molar-refractivity contribution in [3.05, 3.63) is 0 Å². The van der Waals surface area contributed by atoms with Crippen LogP contribution in [0.1, 0.15) is 99.3 Å². The predicted octanol–water partition coefficient (Wildman–Crippen LogP) is 6.38. The summed E-state index contributed by atoms with van der Waals surface area (Å²) in [5.74, 6) is 2.37. The molecule has 0 aromatic heterocycles. The Labute approximate surface area is 139 Å². The first-order chi connectivity index (χ1) is 10.3. The normalized spacial score (nSPS) is 15.6. The van der Waals surface area contributed by atoms with E-state index < -0.39 is 0 Å². The zero-order valence-corrected chi connectivity index (χ0v) is 16.0. The standard InChI is InChI=1S/C20H40O2/c1-16(2)10-7-11-17(3)12-8-13-18(4)14-9-15-19(5)22-20(6)21/h16-19H,7-15H2,1-6H3/t17-,18-,19?/m1/s1. The van der Waals surface area contributed by atoms with Gasteiger partial charge in [0.1, 0.15) is 0 Å². The topological polar surface area (TPSA) is 26.3 Å². The average Bonchev–Trinajstić information content (AvgIpc) is 2.37. The number of rotatable bonds is 13. The van der Waals surface area contributed by atoms with Gasteiger partial charge in [0.05, 0.1) is 6.10 Å². The minimum Gasteiger partial charge on any atom is -0.463 e. The van der Waals surface area contributed by atoms with E-state index in [4.69, 9.17) is 4.74 Å². The van der Waals surface area contributed by atoms with Crippen LogP contribution in [0, 0.1) is 17.8 Å². The van der Waals surface area contributed by atoms with Gasteiger partial charge in [0.25, 0.3) is 0 Å². The van der Waals surface area contributed by atoms with E-state index in [0.29, 0.717) is 0 Å². The van der Waals surface area contributed by atoms with Crippen molar-refractivity contribution in [2.75, 3.05) is 0 Å². The van der Waals surface area contributed by atoms with Crippen LogP contribution in [0.15, 0.2) is 0 Å². The monoisotopic (exact) mass is 312 g/mol. The molecule has 3 atom stereocenters. The van der Waals surface area contributed by atoms with Crippen LogP contribution in [0.25, 0.3) is 0 Å². The Kier molecular flexibility index (Phi) is 12.6. The molecule has 0 spiro atoms. The summed E-state index contributed by atoms with van der Waals surface area (Å²) in [6.07, 6.45) is 11.7. The SMILES string of the molecule is CC(=O)OC(C)CCC[C@H](C)CCC[C@H](C)CCCC(C)C. The van der Waals surface area contributed by atoms with E-state index in [2.05, 4.69) is 27.7 Å². The molecule has 0 fully saturated rings. The number of ether oxygens (including phenoxy) is 1. The molecule has 0 N–H and O–H groups in total. The van der Waals surface area contributed by atoms with Crippen LogP contribution in [-0.2, 0) is 9.53 Å². The lowest BCUT2D eigenvalue weighted by Gasteiger charge is -2.16. The largest absolute Gasteiger partial charge is 0.463 e. The van der Waals surface area contributed by atoms with E-state index in [1.807, 2.05) is 6.92 Å². The molecule has 0 rings (SSSR count). The van der Waals surface area contributed by atoms with E-state index >= 15 is 0 Å². The highest BCUT2D eigenvalue weighted by Gasteiger charge is 2.09. The van der Waals surface area contributed by atoms with Crippen LogP contribution >= 0.6 is 0 Å². The zero-order valence-electron chi connectivity index (χ0n) is 16.0. The second-order valence-corrected chi connectivity index (χ2v) is 7.82. The molecule has 132 valence electrons. The molecular formula is C20H40O2. The van der Waals surface area contributed by atoms with Crippen LogP contribution < -0.4 is 0 Å². The van der Waals surface area contributed by atoms with E-state index in [1.165, 1.54) is 58.3 Å². The molecule has 1 unspecified atom stereocenters. The number of hydrogen-bond acceptors (Lipinski definition) is 2. The molecule has 0 aliphatic carbocycles. The zero-order chi connectivity index (χ0) is 17.0. The number of carbonyl (C=O) groups excluding carboxylic acids is 1. The fourth-order valence-electron chi connectivity index (χ4n) is 3.07. The molecule has 0 amide bonds. The molecule has 2 heteroatoms.